The highest BCUT2D eigenvalue weighted by atomic mass is 32.2. The largest absolute Gasteiger partial charge is 0.311 e. The van der Waals surface area contributed by atoms with Crippen LogP contribution in [0.15, 0.2) is 12.4 Å². The molecule has 2 heterocycles. The second kappa shape index (κ2) is 5.03. The van der Waals surface area contributed by atoms with E-state index in [0.717, 1.165) is 18.3 Å². The molecule has 2 atom stereocenters. The van der Waals surface area contributed by atoms with Crippen molar-refractivity contribution in [1.82, 2.24) is 15.1 Å². The zero-order valence-electron chi connectivity index (χ0n) is 9.44. The van der Waals surface area contributed by atoms with Gasteiger partial charge in [-0.25, -0.2) is 0 Å². The lowest BCUT2D eigenvalue weighted by atomic mass is 10.2. The Morgan fingerprint density at radius 3 is 3.13 bits per heavy atom. The highest BCUT2D eigenvalue weighted by molar-refractivity contribution is 8.00. The Labute approximate surface area is 95.6 Å². The molecule has 1 saturated heterocycles. The summed E-state index contributed by atoms with van der Waals surface area (Å²) in [6.07, 6.45) is 5.31. The first-order valence-corrected chi connectivity index (χ1v) is 6.64. The summed E-state index contributed by atoms with van der Waals surface area (Å²) in [5.74, 6) is 1.31. The van der Waals surface area contributed by atoms with Crippen LogP contribution in [0.1, 0.15) is 18.9 Å². The van der Waals surface area contributed by atoms with E-state index in [0.29, 0.717) is 6.04 Å². The number of aryl methyl sites for hydroxylation is 1. The van der Waals surface area contributed by atoms with E-state index in [2.05, 4.69) is 42.2 Å². The number of nitrogens with one attached hydrogen (secondary N) is 1. The van der Waals surface area contributed by atoms with Gasteiger partial charge in [-0.05, 0) is 24.7 Å². The molecule has 4 heteroatoms. The quantitative estimate of drug-likeness (QED) is 0.845. The topological polar surface area (TPSA) is 29.9 Å². The minimum absolute atomic E-state index is 0.701. The van der Waals surface area contributed by atoms with Crippen LogP contribution < -0.4 is 5.32 Å². The molecule has 3 nitrogen and oxygen atoms in total. The van der Waals surface area contributed by atoms with Gasteiger partial charge in [-0.2, -0.15) is 16.9 Å². The van der Waals surface area contributed by atoms with Crippen LogP contribution in [0.4, 0.5) is 0 Å². The predicted octanol–water partition coefficient (Wildman–Crippen LogP) is 1.68. The molecule has 1 fully saturated rings. The molecule has 2 unspecified atom stereocenters. The predicted molar refractivity (Wildman–Crippen MR) is 65.3 cm³/mol. The molecular formula is C11H19N3S. The van der Waals surface area contributed by atoms with E-state index in [1.165, 1.54) is 17.7 Å². The molecule has 1 aliphatic heterocycles. The summed E-state index contributed by atoms with van der Waals surface area (Å²) in [7, 11) is 0. The van der Waals surface area contributed by atoms with E-state index in [4.69, 9.17) is 0 Å². The van der Waals surface area contributed by atoms with E-state index in [-0.39, 0.29) is 0 Å². The van der Waals surface area contributed by atoms with Crippen LogP contribution in [0, 0.1) is 6.92 Å². The molecule has 0 aliphatic carbocycles. The number of hydrogen-bond donors (Lipinski definition) is 1. The first-order chi connectivity index (χ1) is 7.25. The van der Waals surface area contributed by atoms with Crippen LogP contribution in [-0.4, -0.2) is 33.4 Å². The molecular weight excluding hydrogens is 206 g/mol. The zero-order valence-corrected chi connectivity index (χ0v) is 10.3. The van der Waals surface area contributed by atoms with E-state index in [1.807, 2.05) is 10.9 Å². The number of nitrogens with zero attached hydrogens (tertiary/aromatic N) is 2. The van der Waals surface area contributed by atoms with Gasteiger partial charge in [0.15, 0.2) is 0 Å². The first-order valence-electron chi connectivity index (χ1n) is 5.60. The molecule has 1 N–H and O–H groups in total. The normalized spacial score (nSPS) is 26.0. The Bertz CT molecular complexity index is 311. The first kappa shape index (κ1) is 11.0. The second-order valence-corrected chi connectivity index (χ2v) is 5.69. The molecule has 84 valence electrons. The molecule has 15 heavy (non-hydrogen) atoms. The van der Waals surface area contributed by atoms with E-state index in [9.17, 15) is 0 Å². The van der Waals surface area contributed by atoms with Crippen LogP contribution in [0.5, 0.6) is 0 Å². The summed E-state index contributed by atoms with van der Waals surface area (Å²) in [6.45, 7) is 6.39. The van der Waals surface area contributed by atoms with Crippen molar-refractivity contribution < 1.29 is 0 Å². The Morgan fingerprint density at radius 1 is 1.67 bits per heavy atom. The fourth-order valence-electron chi connectivity index (χ4n) is 1.95. The van der Waals surface area contributed by atoms with Crippen LogP contribution in [0.3, 0.4) is 0 Å². The Morgan fingerprint density at radius 2 is 2.53 bits per heavy atom. The lowest BCUT2D eigenvalue weighted by Gasteiger charge is -2.16. The van der Waals surface area contributed by atoms with Crippen molar-refractivity contribution in [3.63, 3.8) is 0 Å². The SMILES string of the molecule is Cc1cnn(CCNC2CCSC2C)c1. The van der Waals surface area contributed by atoms with Crippen molar-refractivity contribution >= 4 is 11.8 Å². The van der Waals surface area contributed by atoms with Crippen LogP contribution >= 0.6 is 11.8 Å². The number of aromatic nitrogens is 2. The summed E-state index contributed by atoms with van der Waals surface area (Å²) < 4.78 is 2.01. The molecule has 0 radical (unpaired) electrons. The summed E-state index contributed by atoms with van der Waals surface area (Å²) in [6, 6.07) is 0.701. The molecule has 2 rings (SSSR count). The van der Waals surface area contributed by atoms with Crippen molar-refractivity contribution in [3.05, 3.63) is 18.0 Å². The molecule has 0 bridgehead atoms. The molecule has 0 amide bonds. The monoisotopic (exact) mass is 225 g/mol. The third-order valence-electron chi connectivity index (χ3n) is 2.89. The van der Waals surface area contributed by atoms with Crippen molar-refractivity contribution in [2.24, 2.45) is 0 Å². The van der Waals surface area contributed by atoms with Crippen molar-refractivity contribution in [3.8, 4) is 0 Å². The van der Waals surface area contributed by atoms with Gasteiger partial charge in [0.25, 0.3) is 0 Å². The number of thioether (sulfide) groups is 1. The molecule has 0 spiro atoms. The van der Waals surface area contributed by atoms with Crippen molar-refractivity contribution in [1.29, 1.82) is 0 Å². The fourth-order valence-corrected chi connectivity index (χ4v) is 3.18. The molecule has 1 aliphatic rings. The van der Waals surface area contributed by atoms with Gasteiger partial charge >= 0.3 is 0 Å². The average Bonchev–Trinajstić information content (AvgIpc) is 2.77. The summed E-state index contributed by atoms with van der Waals surface area (Å²) in [5.41, 5.74) is 1.24. The van der Waals surface area contributed by atoms with E-state index in [1.54, 1.807) is 0 Å². The maximum absolute atomic E-state index is 4.27. The van der Waals surface area contributed by atoms with Gasteiger partial charge in [0, 0.05) is 24.0 Å². The lowest BCUT2D eigenvalue weighted by Crippen LogP contribution is -2.35. The van der Waals surface area contributed by atoms with E-state index >= 15 is 0 Å². The summed E-state index contributed by atoms with van der Waals surface area (Å²) in [4.78, 5) is 0. The molecule has 0 saturated carbocycles. The second-order valence-electron chi connectivity index (χ2n) is 4.21. The van der Waals surface area contributed by atoms with Gasteiger partial charge in [0.05, 0.1) is 12.7 Å². The van der Waals surface area contributed by atoms with E-state index < -0.39 is 0 Å². The Hall–Kier alpha value is -0.480. The number of hydrogen-bond acceptors (Lipinski definition) is 3. The lowest BCUT2D eigenvalue weighted by molar-refractivity contribution is 0.474. The van der Waals surface area contributed by atoms with Crippen LogP contribution in [-0.2, 0) is 6.54 Å². The minimum Gasteiger partial charge on any atom is -0.311 e. The van der Waals surface area contributed by atoms with Gasteiger partial charge in [-0.1, -0.05) is 6.92 Å². The summed E-state index contributed by atoms with van der Waals surface area (Å²) >= 11 is 2.07. The zero-order chi connectivity index (χ0) is 10.7. The van der Waals surface area contributed by atoms with Gasteiger partial charge < -0.3 is 5.32 Å². The minimum atomic E-state index is 0.701. The fraction of sp³-hybridized carbons (Fsp3) is 0.727. The molecule has 1 aromatic rings. The Kier molecular flexibility index (Phi) is 3.70. The van der Waals surface area contributed by atoms with Crippen molar-refractivity contribution in [2.45, 2.75) is 38.1 Å². The molecule has 0 aromatic carbocycles. The van der Waals surface area contributed by atoms with Gasteiger partial charge in [-0.3, -0.25) is 4.68 Å². The van der Waals surface area contributed by atoms with Gasteiger partial charge in [0.2, 0.25) is 0 Å². The third-order valence-corrected chi connectivity index (χ3v) is 4.21. The van der Waals surface area contributed by atoms with Crippen LogP contribution in [0.25, 0.3) is 0 Å². The standard InChI is InChI=1S/C11H19N3S/c1-9-7-13-14(8-9)5-4-12-11-3-6-15-10(11)2/h7-8,10-12H,3-6H2,1-2H3. The third kappa shape index (κ3) is 2.98. The van der Waals surface area contributed by atoms with Crippen molar-refractivity contribution in [2.75, 3.05) is 12.3 Å². The Balaban J connectivity index is 1.70. The molecule has 1 aromatic heterocycles. The maximum atomic E-state index is 4.27. The average molecular weight is 225 g/mol. The summed E-state index contributed by atoms with van der Waals surface area (Å²) in [5, 5.41) is 8.65. The van der Waals surface area contributed by atoms with Gasteiger partial charge in [-0.15, -0.1) is 0 Å². The maximum Gasteiger partial charge on any atom is 0.0534 e. The smallest absolute Gasteiger partial charge is 0.0534 e. The van der Waals surface area contributed by atoms with Gasteiger partial charge in [0.1, 0.15) is 0 Å². The highest BCUT2D eigenvalue weighted by Gasteiger charge is 2.22. The highest BCUT2D eigenvalue weighted by Crippen LogP contribution is 2.25. The number of rotatable bonds is 4. The van der Waals surface area contributed by atoms with Crippen LogP contribution in [0.2, 0.25) is 0 Å².